The topological polar surface area (TPSA) is 92.9 Å². The van der Waals surface area contributed by atoms with E-state index in [2.05, 4.69) is 5.16 Å². The lowest BCUT2D eigenvalue weighted by Gasteiger charge is -2.23. The Morgan fingerprint density at radius 2 is 2.12 bits per heavy atom. The molecule has 3 rings (SSSR count). The number of phenols is 1. The molecule has 1 aromatic carbocycles. The van der Waals surface area contributed by atoms with E-state index in [4.69, 9.17) is 9.26 Å². The highest BCUT2D eigenvalue weighted by atomic mass is 16.5. The molecule has 1 aliphatic heterocycles. The zero-order chi connectivity index (χ0) is 18.0. The van der Waals surface area contributed by atoms with E-state index in [9.17, 15) is 14.7 Å². The summed E-state index contributed by atoms with van der Waals surface area (Å²) in [4.78, 5) is 26.6. The number of carbonyl (C=O) groups excluding carboxylic acids is 2. The highest BCUT2D eigenvalue weighted by Gasteiger charge is 2.36. The van der Waals surface area contributed by atoms with Gasteiger partial charge in [-0.15, -0.1) is 0 Å². The van der Waals surface area contributed by atoms with Crippen molar-refractivity contribution in [2.24, 2.45) is 0 Å². The highest BCUT2D eigenvalue weighted by Crippen LogP contribution is 2.25. The van der Waals surface area contributed by atoms with Gasteiger partial charge in [0, 0.05) is 6.54 Å². The van der Waals surface area contributed by atoms with Gasteiger partial charge in [0.25, 0.3) is 5.91 Å². The quantitative estimate of drug-likeness (QED) is 0.856. The summed E-state index contributed by atoms with van der Waals surface area (Å²) in [6.45, 7) is 4.06. The van der Waals surface area contributed by atoms with Gasteiger partial charge in [-0.05, 0) is 38.8 Å². The van der Waals surface area contributed by atoms with Crippen molar-refractivity contribution in [3.63, 3.8) is 0 Å². The zero-order valence-electron chi connectivity index (χ0n) is 14.2. The molecule has 1 aliphatic rings. The number of phenolic OH excluding ortho intramolecular Hbond substituents is 1. The smallest absolute Gasteiger partial charge is 0.329 e. The SMILES string of the molecule is Cc1noc(C)c1COC(=O)[C@H]1CCCN1C(=O)c1ccccc1O. The molecule has 132 valence electrons. The minimum Gasteiger partial charge on any atom is -0.507 e. The highest BCUT2D eigenvalue weighted by molar-refractivity contribution is 5.99. The van der Waals surface area contributed by atoms with E-state index in [-0.39, 0.29) is 23.8 Å². The summed E-state index contributed by atoms with van der Waals surface area (Å²) in [7, 11) is 0. The molecule has 0 bridgehead atoms. The second-order valence-electron chi connectivity index (χ2n) is 6.08. The van der Waals surface area contributed by atoms with Crippen LogP contribution in [0.1, 0.15) is 40.2 Å². The molecule has 7 heteroatoms. The van der Waals surface area contributed by atoms with Crippen molar-refractivity contribution in [1.29, 1.82) is 0 Å². The number of aromatic nitrogens is 1. The first-order valence-corrected chi connectivity index (χ1v) is 8.16. The monoisotopic (exact) mass is 344 g/mol. The van der Waals surface area contributed by atoms with Gasteiger partial charge in [-0.25, -0.2) is 4.79 Å². The van der Waals surface area contributed by atoms with Crippen LogP contribution >= 0.6 is 0 Å². The minimum absolute atomic E-state index is 0.0646. The second-order valence-corrected chi connectivity index (χ2v) is 6.08. The summed E-state index contributed by atoms with van der Waals surface area (Å²) in [6.07, 6.45) is 1.25. The van der Waals surface area contributed by atoms with Crippen LogP contribution in [0.4, 0.5) is 0 Å². The van der Waals surface area contributed by atoms with Gasteiger partial charge >= 0.3 is 5.97 Å². The molecule has 0 aliphatic carbocycles. The molecule has 7 nitrogen and oxygen atoms in total. The molecule has 1 saturated heterocycles. The van der Waals surface area contributed by atoms with Crippen molar-refractivity contribution in [1.82, 2.24) is 10.1 Å². The Hall–Kier alpha value is -2.83. The molecule has 0 saturated carbocycles. The lowest BCUT2D eigenvalue weighted by Crippen LogP contribution is -2.41. The third kappa shape index (κ3) is 3.35. The first-order valence-electron chi connectivity index (χ1n) is 8.16. The van der Waals surface area contributed by atoms with Crippen LogP contribution in [0, 0.1) is 13.8 Å². The average Bonchev–Trinajstić information content (AvgIpc) is 3.20. The molecule has 0 radical (unpaired) electrons. The van der Waals surface area contributed by atoms with Crippen molar-refractivity contribution >= 4 is 11.9 Å². The Morgan fingerprint density at radius 3 is 2.80 bits per heavy atom. The second kappa shape index (κ2) is 6.96. The van der Waals surface area contributed by atoms with Crippen LogP contribution in [0.5, 0.6) is 5.75 Å². The van der Waals surface area contributed by atoms with Gasteiger partial charge in [0.2, 0.25) is 0 Å². The Balaban J connectivity index is 1.70. The van der Waals surface area contributed by atoms with Crippen LogP contribution in [0.25, 0.3) is 0 Å². The number of para-hydroxylation sites is 1. The Bertz CT molecular complexity index is 779. The van der Waals surface area contributed by atoms with E-state index in [1.54, 1.807) is 32.0 Å². The number of esters is 1. The van der Waals surface area contributed by atoms with Gasteiger partial charge in [-0.2, -0.15) is 0 Å². The third-order valence-electron chi connectivity index (χ3n) is 4.46. The number of aryl methyl sites for hydroxylation is 2. The van der Waals surface area contributed by atoms with E-state index >= 15 is 0 Å². The van der Waals surface area contributed by atoms with E-state index in [1.165, 1.54) is 11.0 Å². The molecular weight excluding hydrogens is 324 g/mol. The fourth-order valence-corrected chi connectivity index (χ4v) is 3.01. The van der Waals surface area contributed by atoms with Gasteiger partial charge in [-0.1, -0.05) is 17.3 Å². The Kier molecular flexibility index (Phi) is 4.74. The first kappa shape index (κ1) is 17.0. The molecular formula is C18H20N2O5. The summed E-state index contributed by atoms with van der Waals surface area (Å²) in [6, 6.07) is 5.67. The fraction of sp³-hybridized carbons (Fsp3) is 0.389. The summed E-state index contributed by atoms with van der Waals surface area (Å²) in [5.74, 6) is -0.308. The molecule has 1 amide bonds. The summed E-state index contributed by atoms with van der Waals surface area (Å²) >= 11 is 0. The van der Waals surface area contributed by atoms with Crippen molar-refractivity contribution in [3.05, 3.63) is 46.8 Å². The molecule has 2 heterocycles. The molecule has 1 atom stereocenters. The van der Waals surface area contributed by atoms with Gasteiger partial charge in [-0.3, -0.25) is 4.79 Å². The first-order chi connectivity index (χ1) is 12.0. The maximum atomic E-state index is 12.7. The van der Waals surface area contributed by atoms with Crippen molar-refractivity contribution in [3.8, 4) is 5.75 Å². The van der Waals surface area contributed by atoms with Crippen molar-refractivity contribution in [2.75, 3.05) is 6.54 Å². The summed E-state index contributed by atoms with van der Waals surface area (Å²) in [5.41, 5.74) is 1.61. The number of hydrogen-bond donors (Lipinski definition) is 1. The van der Waals surface area contributed by atoms with Crippen LogP contribution < -0.4 is 0 Å². The zero-order valence-corrected chi connectivity index (χ0v) is 14.2. The number of likely N-dealkylation sites (tertiary alicyclic amines) is 1. The minimum atomic E-state index is -0.646. The van der Waals surface area contributed by atoms with Gasteiger partial charge in [0.05, 0.1) is 16.8 Å². The third-order valence-corrected chi connectivity index (χ3v) is 4.46. The van der Waals surface area contributed by atoms with Crippen molar-refractivity contribution in [2.45, 2.75) is 39.3 Å². The molecule has 1 N–H and O–H groups in total. The number of benzene rings is 1. The largest absolute Gasteiger partial charge is 0.507 e. The fourth-order valence-electron chi connectivity index (χ4n) is 3.01. The predicted octanol–water partition coefficient (Wildman–Crippen LogP) is 2.35. The number of ether oxygens (including phenoxy) is 1. The van der Waals surface area contributed by atoms with Gasteiger partial charge in [0.1, 0.15) is 24.2 Å². The van der Waals surface area contributed by atoms with Crippen LogP contribution in [-0.4, -0.2) is 39.6 Å². The van der Waals surface area contributed by atoms with Gasteiger partial charge < -0.3 is 19.3 Å². The molecule has 1 aromatic heterocycles. The van der Waals surface area contributed by atoms with Crippen LogP contribution in [-0.2, 0) is 16.1 Å². The number of hydrogen-bond acceptors (Lipinski definition) is 6. The number of rotatable bonds is 4. The number of carbonyl (C=O) groups is 2. The van der Waals surface area contributed by atoms with E-state index in [1.807, 2.05) is 0 Å². The average molecular weight is 344 g/mol. The standard InChI is InChI=1S/C18H20N2O5/c1-11-14(12(2)25-19-11)10-24-18(23)15-7-5-9-20(15)17(22)13-6-3-4-8-16(13)21/h3-4,6,8,15,21H,5,7,9-10H2,1-2H3/t15-/m1/s1. The molecule has 25 heavy (non-hydrogen) atoms. The molecule has 2 aromatic rings. The van der Waals surface area contributed by atoms with Gasteiger partial charge in [0.15, 0.2) is 0 Å². The van der Waals surface area contributed by atoms with Crippen LogP contribution in [0.2, 0.25) is 0 Å². The maximum absolute atomic E-state index is 12.7. The molecule has 1 fully saturated rings. The van der Waals surface area contributed by atoms with Crippen LogP contribution in [0.3, 0.4) is 0 Å². The number of amides is 1. The Morgan fingerprint density at radius 1 is 1.36 bits per heavy atom. The molecule has 0 unspecified atom stereocenters. The number of nitrogens with zero attached hydrogens (tertiary/aromatic N) is 2. The van der Waals surface area contributed by atoms with E-state index < -0.39 is 12.0 Å². The molecule has 0 spiro atoms. The summed E-state index contributed by atoms with van der Waals surface area (Å²) < 4.78 is 10.4. The summed E-state index contributed by atoms with van der Waals surface area (Å²) in [5, 5.41) is 13.7. The maximum Gasteiger partial charge on any atom is 0.329 e. The normalized spacial score (nSPS) is 16.9. The Labute approximate surface area is 145 Å². The van der Waals surface area contributed by atoms with Crippen molar-refractivity contribution < 1.29 is 24.0 Å². The lowest BCUT2D eigenvalue weighted by molar-refractivity contribution is -0.149. The lowest BCUT2D eigenvalue weighted by atomic mass is 10.1. The van der Waals surface area contributed by atoms with E-state index in [0.717, 1.165) is 5.56 Å². The van der Waals surface area contributed by atoms with E-state index in [0.29, 0.717) is 30.8 Å². The predicted molar refractivity (Wildman–Crippen MR) is 87.9 cm³/mol. The van der Waals surface area contributed by atoms with Crippen LogP contribution in [0.15, 0.2) is 28.8 Å². The number of aromatic hydroxyl groups is 1.